The standard InChI is InChI=1S/C31H35NO2/c1-5-10-26(16-15-25-11-8-7-9-12-25)29(30(33)28-20-22(3)19-23(4)21-28)32-31(34)27-17-13-24(6-2)14-18-27/h5,7-9,11-14,17-21,26,29H,1,6,10,15-16H2,2-4H3,(H,32,34)/t26-,29?/m0/s1. The molecule has 0 heterocycles. The van der Waals surface area contributed by atoms with Gasteiger partial charge in [0.25, 0.3) is 5.91 Å². The van der Waals surface area contributed by atoms with Crippen LogP contribution in [0, 0.1) is 19.8 Å². The minimum atomic E-state index is -0.638. The highest BCUT2D eigenvalue weighted by Crippen LogP contribution is 2.23. The zero-order valence-corrected chi connectivity index (χ0v) is 20.5. The van der Waals surface area contributed by atoms with Gasteiger partial charge >= 0.3 is 0 Å². The average molecular weight is 454 g/mol. The molecule has 0 fully saturated rings. The second-order valence-corrected chi connectivity index (χ2v) is 9.05. The first kappa shape index (κ1) is 25.2. The zero-order chi connectivity index (χ0) is 24.5. The molecule has 0 aliphatic rings. The number of amides is 1. The summed E-state index contributed by atoms with van der Waals surface area (Å²) in [5.74, 6) is -0.339. The molecule has 0 saturated carbocycles. The average Bonchev–Trinajstić information content (AvgIpc) is 2.85. The molecular formula is C31H35NO2. The Morgan fingerprint density at radius 3 is 2.12 bits per heavy atom. The van der Waals surface area contributed by atoms with Crippen LogP contribution in [0.4, 0.5) is 0 Å². The first-order valence-corrected chi connectivity index (χ1v) is 12.1. The van der Waals surface area contributed by atoms with Gasteiger partial charge in [-0.05, 0) is 80.8 Å². The van der Waals surface area contributed by atoms with Gasteiger partial charge in [0.2, 0.25) is 0 Å². The van der Waals surface area contributed by atoms with Crippen molar-refractivity contribution in [3.63, 3.8) is 0 Å². The minimum absolute atomic E-state index is 0.0507. The molecule has 3 aromatic rings. The van der Waals surface area contributed by atoms with Crippen LogP contribution in [0.3, 0.4) is 0 Å². The summed E-state index contributed by atoms with van der Waals surface area (Å²) in [6.45, 7) is 9.99. The maximum Gasteiger partial charge on any atom is 0.251 e. The highest BCUT2D eigenvalue weighted by Gasteiger charge is 2.30. The Bertz CT molecular complexity index is 1100. The van der Waals surface area contributed by atoms with E-state index < -0.39 is 6.04 Å². The van der Waals surface area contributed by atoms with Gasteiger partial charge in [-0.1, -0.05) is 72.7 Å². The fourth-order valence-electron chi connectivity index (χ4n) is 4.44. The largest absolute Gasteiger partial charge is 0.342 e. The van der Waals surface area contributed by atoms with Crippen molar-refractivity contribution in [1.82, 2.24) is 5.32 Å². The van der Waals surface area contributed by atoms with E-state index in [-0.39, 0.29) is 17.6 Å². The third-order valence-electron chi connectivity index (χ3n) is 6.29. The number of aryl methyl sites for hydroxylation is 4. The first-order valence-electron chi connectivity index (χ1n) is 12.1. The van der Waals surface area contributed by atoms with Gasteiger partial charge in [-0.3, -0.25) is 9.59 Å². The number of ketones is 1. The molecule has 0 aromatic heterocycles. The number of hydrogen-bond donors (Lipinski definition) is 1. The summed E-state index contributed by atoms with van der Waals surface area (Å²) in [4.78, 5) is 27.0. The molecule has 3 nitrogen and oxygen atoms in total. The van der Waals surface area contributed by atoms with Crippen LogP contribution in [0.1, 0.15) is 62.7 Å². The molecule has 1 amide bonds. The molecule has 3 rings (SSSR count). The van der Waals surface area contributed by atoms with Crippen molar-refractivity contribution in [3.8, 4) is 0 Å². The van der Waals surface area contributed by atoms with E-state index in [1.807, 2.05) is 74.5 Å². The maximum absolute atomic E-state index is 13.8. The number of allylic oxidation sites excluding steroid dienone is 1. The normalized spacial score (nSPS) is 12.6. The molecule has 2 atom stereocenters. The van der Waals surface area contributed by atoms with Crippen LogP contribution in [0.2, 0.25) is 0 Å². The number of nitrogens with one attached hydrogen (secondary N) is 1. The van der Waals surface area contributed by atoms with Crippen LogP contribution < -0.4 is 5.32 Å². The smallest absolute Gasteiger partial charge is 0.251 e. The lowest BCUT2D eigenvalue weighted by Crippen LogP contribution is -2.46. The molecule has 0 saturated heterocycles. The van der Waals surface area contributed by atoms with Gasteiger partial charge in [-0.2, -0.15) is 0 Å². The fraction of sp³-hybridized carbons (Fsp3) is 0.290. The lowest BCUT2D eigenvalue weighted by atomic mass is 9.84. The van der Waals surface area contributed by atoms with Crippen molar-refractivity contribution in [2.45, 2.75) is 52.5 Å². The Kier molecular flexibility index (Phi) is 8.98. The highest BCUT2D eigenvalue weighted by atomic mass is 16.2. The van der Waals surface area contributed by atoms with Gasteiger partial charge in [-0.15, -0.1) is 6.58 Å². The second kappa shape index (κ2) is 12.1. The number of rotatable bonds is 11. The Labute approximate surface area is 203 Å². The second-order valence-electron chi connectivity index (χ2n) is 9.05. The lowest BCUT2D eigenvalue weighted by Gasteiger charge is -2.27. The molecule has 0 bridgehead atoms. The molecule has 0 radical (unpaired) electrons. The van der Waals surface area contributed by atoms with E-state index in [2.05, 4.69) is 37.0 Å². The van der Waals surface area contributed by atoms with Gasteiger partial charge in [-0.25, -0.2) is 0 Å². The van der Waals surface area contributed by atoms with E-state index in [0.717, 1.165) is 30.4 Å². The third-order valence-corrected chi connectivity index (χ3v) is 6.29. The zero-order valence-electron chi connectivity index (χ0n) is 20.5. The van der Waals surface area contributed by atoms with E-state index in [1.165, 1.54) is 11.1 Å². The molecule has 1 N–H and O–H groups in total. The summed E-state index contributed by atoms with van der Waals surface area (Å²) < 4.78 is 0. The number of carbonyl (C=O) groups excluding carboxylic acids is 2. The minimum Gasteiger partial charge on any atom is -0.342 e. The van der Waals surface area contributed by atoms with E-state index in [9.17, 15) is 9.59 Å². The van der Waals surface area contributed by atoms with Gasteiger partial charge < -0.3 is 5.32 Å². The molecule has 34 heavy (non-hydrogen) atoms. The Morgan fingerprint density at radius 2 is 1.53 bits per heavy atom. The van der Waals surface area contributed by atoms with Crippen LogP contribution in [-0.4, -0.2) is 17.7 Å². The van der Waals surface area contributed by atoms with Crippen LogP contribution in [-0.2, 0) is 12.8 Å². The Hall–Kier alpha value is -3.46. The third kappa shape index (κ3) is 6.77. The molecule has 176 valence electrons. The molecule has 3 heteroatoms. The number of carbonyl (C=O) groups is 2. The fourth-order valence-corrected chi connectivity index (χ4v) is 4.44. The number of benzene rings is 3. The molecular weight excluding hydrogens is 418 g/mol. The van der Waals surface area contributed by atoms with Crippen LogP contribution in [0.15, 0.2) is 85.5 Å². The summed E-state index contributed by atoms with van der Waals surface area (Å²) in [5, 5.41) is 3.09. The molecule has 0 aliphatic carbocycles. The van der Waals surface area contributed by atoms with E-state index in [4.69, 9.17) is 0 Å². The van der Waals surface area contributed by atoms with Crippen molar-refractivity contribution < 1.29 is 9.59 Å². The van der Waals surface area contributed by atoms with E-state index in [1.54, 1.807) is 0 Å². The monoisotopic (exact) mass is 453 g/mol. The molecule has 0 aliphatic heterocycles. The van der Waals surface area contributed by atoms with Gasteiger partial charge in [0.1, 0.15) is 0 Å². The van der Waals surface area contributed by atoms with Crippen LogP contribution >= 0.6 is 0 Å². The summed E-state index contributed by atoms with van der Waals surface area (Å²) in [7, 11) is 0. The van der Waals surface area contributed by atoms with Gasteiger partial charge in [0.15, 0.2) is 5.78 Å². The predicted octanol–water partition coefficient (Wildman–Crippen LogP) is 6.67. The molecule has 3 aromatic carbocycles. The van der Waals surface area contributed by atoms with Crippen molar-refractivity contribution in [3.05, 3.63) is 119 Å². The molecule has 1 unspecified atom stereocenters. The summed E-state index contributed by atoms with van der Waals surface area (Å²) in [6.07, 6.45) is 5.00. The lowest BCUT2D eigenvalue weighted by molar-refractivity contribution is 0.0817. The van der Waals surface area contributed by atoms with Crippen molar-refractivity contribution in [1.29, 1.82) is 0 Å². The first-order chi connectivity index (χ1) is 16.4. The van der Waals surface area contributed by atoms with Crippen molar-refractivity contribution >= 4 is 11.7 Å². The quantitative estimate of drug-likeness (QED) is 0.260. The van der Waals surface area contributed by atoms with Gasteiger partial charge in [0.05, 0.1) is 6.04 Å². The summed E-state index contributed by atoms with van der Waals surface area (Å²) >= 11 is 0. The summed E-state index contributed by atoms with van der Waals surface area (Å²) in [6, 6.07) is 23.1. The Morgan fingerprint density at radius 1 is 0.882 bits per heavy atom. The maximum atomic E-state index is 13.8. The number of Topliss-reactive ketones (excluding diaryl/α,β-unsaturated/α-hetero) is 1. The van der Waals surface area contributed by atoms with Crippen molar-refractivity contribution in [2.75, 3.05) is 0 Å². The van der Waals surface area contributed by atoms with Crippen LogP contribution in [0.25, 0.3) is 0 Å². The van der Waals surface area contributed by atoms with Crippen LogP contribution in [0.5, 0.6) is 0 Å². The predicted molar refractivity (Wildman–Crippen MR) is 140 cm³/mol. The van der Waals surface area contributed by atoms with E-state index >= 15 is 0 Å². The Balaban J connectivity index is 1.91. The SMILES string of the molecule is C=CC[C@@H](CCc1ccccc1)C(NC(=O)c1ccc(CC)cc1)C(=O)c1cc(C)cc(C)c1. The summed E-state index contributed by atoms with van der Waals surface area (Å²) in [5.41, 5.74) is 5.66. The highest BCUT2D eigenvalue weighted by molar-refractivity contribution is 6.04. The molecule has 0 spiro atoms. The van der Waals surface area contributed by atoms with Crippen molar-refractivity contribution in [2.24, 2.45) is 5.92 Å². The van der Waals surface area contributed by atoms with Gasteiger partial charge in [0, 0.05) is 11.1 Å². The topological polar surface area (TPSA) is 46.2 Å². The van der Waals surface area contributed by atoms with E-state index in [0.29, 0.717) is 17.5 Å². The number of hydrogen-bond acceptors (Lipinski definition) is 2.